The van der Waals surface area contributed by atoms with Crippen molar-refractivity contribution in [1.82, 2.24) is 10.3 Å². The van der Waals surface area contributed by atoms with Crippen LogP contribution in [-0.4, -0.2) is 16.9 Å². The van der Waals surface area contributed by atoms with Gasteiger partial charge in [-0.25, -0.2) is 0 Å². The van der Waals surface area contributed by atoms with Crippen LogP contribution < -0.4 is 5.32 Å². The number of nitrogens with one attached hydrogen (secondary N) is 2. The van der Waals surface area contributed by atoms with E-state index in [9.17, 15) is 4.79 Å². The molecular weight excluding hydrogens is 355 g/mol. The van der Waals surface area contributed by atoms with Gasteiger partial charge in [0.05, 0.1) is 10.0 Å². The van der Waals surface area contributed by atoms with E-state index in [0.29, 0.717) is 22.5 Å². The van der Waals surface area contributed by atoms with Crippen LogP contribution in [0.1, 0.15) is 36.3 Å². The second kappa shape index (κ2) is 6.74. The molecule has 3 aromatic rings. The molecule has 0 bridgehead atoms. The van der Waals surface area contributed by atoms with Crippen LogP contribution in [0.2, 0.25) is 10.0 Å². The highest BCUT2D eigenvalue weighted by atomic mass is 35.5. The van der Waals surface area contributed by atoms with Crippen LogP contribution >= 0.6 is 23.2 Å². The molecule has 1 fully saturated rings. The molecule has 25 heavy (non-hydrogen) atoms. The molecule has 1 aliphatic carbocycles. The summed E-state index contributed by atoms with van der Waals surface area (Å²) in [5.41, 5.74) is 3.15. The van der Waals surface area contributed by atoms with Crippen molar-refractivity contribution in [3.63, 3.8) is 0 Å². The second-order valence-corrected chi connectivity index (χ2v) is 7.38. The molecule has 4 rings (SSSR count). The van der Waals surface area contributed by atoms with Gasteiger partial charge in [-0.2, -0.15) is 0 Å². The fourth-order valence-corrected chi connectivity index (χ4v) is 3.52. The number of hydrogen-bond acceptors (Lipinski definition) is 1. The van der Waals surface area contributed by atoms with Crippen molar-refractivity contribution in [3.8, 4) is 0 Å². The first-order chi connectivity index (χ1) is 12.1. The predicted molar refractivity (Wildman–Crippen MR) is 102 cm³/mol. The minimum absolute atomic E-state index is 0.0730. The second-order valence-electron chi connectivity index (χ2n) is 6.56. The molecule has 1 aliphatic rings. The molecule has 1 amide bonds. The molecule has 0 spiro atoms. The minimum Gasteiger partial charge on any atom is -0.361 e. The highest BCUT2D eigenvalue weighted by Gasteiger charge is 2.27. The van der Waals surface area contributed by atoms with Crippen LogP contribution in [0.5, 0.6) is 0 Å². The number of H-pyrrole nitrogens is 1. The molecule has 0 radical (unpaired) electrons. The van der Waals surface area contributed by atoms with Crippen molar-refractivity contribution in [3.05, 3.63) is 69.8 Å². The van der Waals surface area contributed by atoms with Crippen LogP contribution in [0.4, 0.5) is 0 Å². The van der Waals surface area contributed by atoms with E-state index in [1.807, 2.05) is 36.5 Å². The molecule has 1 heterocycles. The summed E-state index contributed by atoms with van der Waals surface area (Å²) in [5, 5.41) is 5.23. The van der Waals surface area contributed by atoms with Crippen LogP contribution in [0.25, 0.3) is 10.9 Å². The van der Waals surface area contributed by atoms with Gasteiger partial charge in [0.15, 0.2) is 0 Å². The van der Waals surface area contributed by atoms with Gasteiger partial charge < -0.3 is 10.3 Å². The van der Waals surface area contributed by atoms with E-state index in [-0.39, 0.29) is 11.8 Å². The summed E-state index contributed by atoms with van der Waals surface area (Å²) in [6.45, 7) is 0. The smallest absolute Gasteiger partial charge is 0.221 e. The number of hydrogen-bond donors (Lipinski definition) is 2. The van der Waals surface area contributed by atoms with Crippen molar-refractivity contribution >= 4 is 40.0 Å². The third-order valence-corrected chi connectivity index (χ3v) is 5.41. The van der Waals surface area contributed by atoms with Gasteiger partial charge in [0.25, 0.3) is 0 Å². The lowest BCUT2D eigenvalue weighted by atomic mass is 9.88. The van der Waals surface area contributed by atoms with Gasteiger partial charge in [-0.05, 0) is 42.2 Å². The van der Waals surface area contributed by atoms with Crippen LogP contribution in [0.3, 0.4) is 0 Å². The molecule has 0 saturated heterocycles. The zero-order valence-electron chi connectivity index (χ0n) is 13.6. The maximum atomic E-state index is 12.5. The van der Waals surface area contributed by atoms with Gasteiger partial charge in [-0.1, -0.05) is 47.5 Å². The third kappa shape index (κ3) is 3.53. The Hall–Kier alpha value is -1.97. The molecule has 128 valence electrons. The summed E-state index contributed by atoms with van der Waals surface area (Å²) in [7, 11) is 0. The van der Waals surface area contributed by atoms with Gasteiger partial charge >= 0.3 is 0 Å². The molecule has 3 nitrogen and oxygen atoms in total. The standard InChI is InChI=1S/C20H18Cl2N2O/c21-17-8-5-12(9-18(17)22)15(10-20(25)24-13-6-7-13)16-11-23-19-4-2-1-3-14(16)19/h1-5,8-9,11,13,15,23H,6-7,10H2,(H,24,25). The SMILES string of the molecule is O=C(CC(c1ccc(Cl)c(Cl)c1)c1c[nH]c2ccccc12)NC1CC1. The van der Waals surface area contributed by atoms with Gasteiger partial charge in [-0.15, -0.1) is 0 Å². The van der Waals surface area contributed by atoms with E-state index >= 15 is 0 Å². The maximum Gasteiger partial charge on any atom is 0.221 e. The number of aromatic amines is 1. The van der Waals surface area contributed by atoms with E-state index in [0.717, 1.165) is 34.9 Å². The summed E-state index contributed by atoms with van der Waals surface area (Å²) in [5.74, 6) is -0.00600. The van der Waals surface area contributed by atoms with E-state index in [1.54, 1.807) is 6.07 Å². The Labute approximate surface area is 156 Å². The van der Waals surface area contributed by atoms with Crippen molar-refractivity contribution in [2.45, 2.75) is 31.2 Å². The Morgan fingerprint density at radius 1 is 1.16 bits per heavy atom. The zero-order valence-corrected chi connectivity index (χ0v) is 15.1. The number of halogens is 2. The fraction of sp³-hybridized carbons (Fsp3) is 0.250. The summed E-state index contributed by atoms with van der Waals surface area (Å²) in [6.07, 6.45) is 4.53. The summed E-state index contributed by atoms with van der Waals surface area (Å²) >= 11 is 12.3. The Kier molecular flexibility index (Phi) is 4.45. The Morgan fingerprint density at radius 3 is 2.72 bits per heavy atom. The largest absolute Gasteiger partial charge is 0.361 e. The maximum absolute atomic E-state index is 12.5. The Bertz CT molecular complexity index is 930. The average Bonchev–Trinajstić information content (AvgIpc) is 3.31. The number of fused-ring (bicyclic) bond motifs is 1. The molecule has 1 saturated carbocycles. The summed E-state index contributed by atoms with van der Waals surface area (Å²) in [4.78, 5) is 15.8. The van der Waals surface area contributed by atoms with Crippen molar-refractivity contribution in [2.75, 3.05) is 0 Å². The Balaban J connectivity index is 1.74. The van der Waals surface area contributed by atoms with Crippen LogP contribution in [0, 0.1) is 0 Å². The monoisotopic (exact) mass is 372 g/mol. The molecule has 1 atom stereocenters. The van der Waals surface area contributed by atoms with Crippen molar-refractivity contribution < 1.29 is 4.79 Å². The molecule has 1 aromatic heterocycles. The first-order valence-electron chi connectivity index (χ1n) is 8.42. The highest BCUT2D eigenvalue weighted by Crippen LogP contribution is 2.36. The first-order valence-corrected chi connectivity index (χ1v) is 9.18. The van der Waals surface area contributed by atoms with Crippen LogP contribution in [-0.2, 0) is 4.79 Å². The number of carbonyl (C=O) groups excluding carboxylic acids is 1. The number of amides is 1. The van der Waals surface area contributed by atoms with Gasteiger partial charge in [0.1, 0.15) is 0 Å². The molecule has 2 N–H and O–H groups in total. The predicted octanol–water partition coefficient (Wildman–Crippen LogP) is 5.28. The van der Waals surface area contributed by atoms with Crippen molar-refractivity contribution in [2.24, 2.45) is 0 Å². The molecule has 2 aromatic carbocycles. The van der Waals surface area contributed by atoms with E-state index < -0.39 is 0 Å². The van der Waals surface area contributed by atoms with Crippen LogP contribution in [0.15, 0.2) is 48.7 Å². The lowest BCUT2D eigenvalue weighted by molar-refractivity contribution is -0.121. The summed E-state index contributed by atoms with van der Waals surface area (Å²) < 4.78 is 0. The number of aromatic nitrogens is 1. The lowest BCUT2D eigenvalue weighted by Gasteiger charge is -2.18. The van der Waals surface area contributed by atoms with Gasteiger partial charge in [0.2, 0.25) is 5.91 Å². The van der Waals surface area contributed by atoms with Crippen molar-refractivity contribution in [1.29, 1.82) is 0 Å². The zero-order chi connectivity index (χ0) is 17.4. The highest BCUT2D eigenvalue weighted by molar-refractivity contribution is 6.42. The van der Waals surface area contributed by atoms with E-state index in [1.165, 1.54) is 0 Å². The molecule has 1 unspecified atom stereocenters. The molecule has 0 aliphatic heterocycles. The fourth-order valence-electron chi connectivity index (χ4n) is 3.22. The average molecular weight is 373 g/mol. The Morgan fingerprint density at radius 2 is 1.96 bits per heavy atom. The van der Waals surface area contributed by atoms with E-state index in [2.05, 4.69) is 16.4 Å². The normalized spacial score (nSPS) is 15.3. The topological polar surface area (TPSA) is 44.9 Å². The lowest BCUT2D eigenvalue weighted by Crippen LogP contribution is -2.27. The van der Waals surface area contributed by atoms with Gasteiger partial charge in [0, 0.05) is 35.5 Å². The first kappa shape index (κ1) is 16.5. The number of benzene rings is 2. The minimum atomic E-state index is -0.0790. The quantitative estimate of drug-likeness (QED) is 0.628. The number of carbonyl (C=O) groups is 1. The summed E-state index contributed by atoms with van der Waals surface area (Å²) in [6, 6.07) is 14.1. The third-order valence-electron chi connectivity index (χ3n) is 4.67. The molecular formula is C20H18Cl2N2O. The van der Waals surface area contributed by atoms with E-state index in [4.69, 9.17) is 23.2 Å². The number of para-hydroxylation sites is 1. The van der Waals surface area contributed by atoms with Gasteiger partial charge in [-0.3, -0.25) is 4.79 Å². The number of rotatable bonds is 5. The molecule has 5 heteroatoms.